The van der Waals surface area contributed by atoms with Crippen molar-refractivity contribution in [3.05, 3.63) is 180 Å². The van der Waals surface area contributed by atoms with Crippen molar-refractivity contribution >= 4 is 34.1 Å². The number of ether oxygens (including phenoxy) is 1. The minimum Gasteiger partial charge on any atom is -0.453 e. The smallest absolute Gasteiger partial charge is 0.151 e. The van der Waals surface area contributed by atoms with E-state index in [0.717, 1.165) is 39.9 Å². The van der Waals surface area contributed by atoms with Gasteiger partial charge in [-0.15, -0.1) is 0 Å². The van der Waals surface area contributed by atoms with Crippen LogP contribution in [-0.4, -0.2) is 0 Å². The average Bonchev–Trinajstić information content (AvgIpc) is 3.39. The highest BCUT2D eigenvalue weighted by atomic mass is 16.5. The van der Waals surface area contributed by atoms with Crippen LogP contribution in [-0.2, 0) is 10.8 Å². The molecule has 0 atom stereocenters. The van der Waals surface area contributed by atoms with Crippen LogP contribution >= 0.6 is 0 Å². The van der Waals surface area contributed by atoms with E-state index in [1.54, 1.807) is 0 Å². The summed E-state index contributed by atoms with van der Waals surface area (Å²) in [4.78, 5) is 4.79. The maximum absolute atomic E-state index is 6.46. The van der Waals surface area contributed by atoms with Gasteiger partial charge in [-0.2, -0.15) is 0 Å². The van der Waals surface area contributed by atoms with Gasteiger partial charge in [0.2, 0.25) is 0 Å². The van der Waals surface area contributed by atoms with Crippen molar-refractivity contribution in [1.29, 1.82) is 0 Å². The van der Waals surface area contributed by atoms with Crippen molar-refractivity contribution in [2.45, 2.75) is 38.5 Å². The molecule has 0 radical (unpaired) electrons. The van der Waals surface area contributed by atoms with Crippen molar-refractivity contribution in [3.8, 4) is 33.8 Å². The van der Waals surface area contributed by atoms with Gasteiger partial charge in [-0.05, 0) is 105 Å². The fourth-order valence-corrected chi connectivity index (χ4v) is 8.96. The Morgan fingerprint density at radius 1 is 0.451 bits per heavy atom. The summed E-state index contributed by atoms with van der Waals surface area (Å²) in [7, 11) is 0. The van der Waals surface area contributed by atoms with Gasteiger partial charge >= 0.3 is 0 Å². The molecule has 3 aliphatic rings. The van der Waals surface area contributed by atoms with Crippen LogP contribution in [0.2, 0.25) is 0 Å². The molecule has 0 bridgehead atoms. The van der Waals surface area contributed by atoms with Gasteiger partial charge in [0.25, 0.3) is 0 Å². The SMILES string of the molecule is CC1(C)c2ccccc2-c2ccc(N(c3ccccc3)c3ccc(-c4cccc5c4C(C)(C)c4cccc6c4N5c4ccccc4O6)cc3)cc21. The summed E-state index contributed by atoms with van der Waals surface area (Å²) in [6, 6.07) is 57.3. The Kier molecular flexibility index (Phi) is 6.27. The number of hydrogen-bond donors (Lipinski definition) is 0. The fourth-order valence-electron chi connectivity index (χ4n) is 8.96. The number of nitrogens with zero attached hydrogens (tertiary/aromatic N) is 2. The average molecular weight is 659 g/mol. The van der Waals surface area contributed by atoms with Crippen LogP contribution in [0.3, 0.4) is 0 Å². The van der Waals surface area contributed by atoms with Gasteiger partial charge in [-0.25, -0.2) is 0 Å². The molecule has 0 aromatic heterocycles. The first-order chi connectivity index (χ1) is 24.8. The lowest BCUT2D eigenvalue weighted by atomic mass is 9.70. The van der Waals surface area contributed by atoms with Gasteiger partial charge in [0.15, 0.2) is 11.5 Å². The number of benzene rings is 7. The van der Waals surface area contributed by atoms with Crippen molar-refractivity contribution < 1.29 is 4.74 Å². The first-order valence-electron chi connectivity index (χ1n) is 17.9. The van der Waals surface area contributed by atoms with Crippen LogP contribution in [0.25, 0.3) is 22.3 Å². The van der Waals surface area contributed by atoms with Gasteiger partial charge in [0, 0.05) is 27.9 Å². The molecule has 2 heterocycles. The van der Waals surface area contributed by atoms with Crippen molar-refractivity contribution in [2.24, 2.45) is 0 Å². The topological polar surface area (TPSA) is 15.7 Å². The van der Waals surface area contributed by atoms with Crippen LogP contribution in [0.1, 0.15) is 49.9 Å². The minimum atomic E-state index is -0.257. The van der Waals surface area contributed by atoms with Crippen LogP contribution in [0.4, 0.5) is 34.1 Å². The predicted molar refractivity (Wildman–Crippen MR) is 211 cm³/mol. The lowest BCUT2D eigenvalue weighted by molar-refractivity contribution is 0.471. The number of rotatable bonds is 4. The van der Waals surface area contributed by atoms with Gasteiger partial charge in [-0.1, -0.05) is 125 Å². The van der Waals surface area contributed by atoms with E-state index < -0.39 is 0 Å². The van der Waals surface area contributed by atoms with E-state index in [2.05, 4.69) is 189 Å². The van der Waals surface area contributed by atoms with E-state index in [9.17, 15) is 0 Å². The van der Waals surface area contributed by atoms with Crippen molar-refractivity contribution in [3.63, 3.8) is 0 Å². The quantitative estimate of drug-likeness (QED) is 0.187. The fraction of sp³-hybridized carbons (Fsp3) is 0.125. The normalized spacial score (nSPS) is 15.1. The zero-order chi connectivity index (χ0) is 34.5. The summed E-state index contributed by atoms with van der Waals surface area (Å²) in [5.74, 6) is 1.78. The molecule has 0 unspecified atom stereocenters. The lowest BCUT2D eigenvalue weighted by Gasteiger charge is -2.45. The predicted octanol–water partition coefficient (Wildman–Crippen LogP) is 13.3. The molecule has 2 aliphatic heterocycles. The second-order valence-corrected chi connectivity index (χ2v) is 15.0. The molecule has 0 spiro atoms. The van der Waals surface area contributed by atoms with Crippen LogP contribution in [0.15, 0.2) is 158 Å². The maximum atomic E-state index is 6.46. The Balaban J connectivity index is 1.10. The third-order valence-corrected chi connectivity index (χ3v) is 11.4. The Labute approximate surface area is 300 Å². The Hall–Kier alpha value is -6.06. The third kappa shape index (κ3) is 4.24. The molecule has 51 heavy (non-hydrogen) atoms. The molecule has 0 amide bonds. The largest absolute Gasteiger partial charge is 0.453 e. The minimum absolute atomic E-state index is 0.0757. The molecule has 0 saturated carbocycles. The van der Waals surface area contributed by atoms with Crippen molar-refractivity contribution in [2.75, 3.05) is 9.80 Å². The first-order valence-corrected chi connectivity index (χ1v) is 17.9. The lowest BCUT2D eigenvalue weighted by Crippen LogP contribution is -2.32. The summed E-state index contributed by atoms with van der Waals surface area (Å²) in [5, 5.41) is 0. The second-order valence-electron chi connectivity index (χ2n) is 15.0. The summed E-state index contributed by atoms with van der Waals surface area (Å²) < 4.78 is 6.46. The zero-order valence-corrected chi connectivity index (χ0v) is 29.3. The third-order valence-electron chi connectivity index (χ3n) is 11.4. The van der Waals surface area contributed by atoms with E-state index in [0.29, 0.717) is 0 Å². The van der Waals surface area contributed by atoms with E-state index in [1.165, 1.54) is 50.2 Å². The Morgan fingerprint density at radius 3 is 1.90 bits per heavy atom. The molecule has 7 aromatic carbocycles. The number of anilines is 6. The monoisotopic (exact) mass is 658 g/mol. The highest BCUT2D eigenvalue weighted by Crippen LogP contribution is 2.61. The van der Waals surface area contributed by atoms with Gasteiger partial charge < -0.3 is 14.5 Å². The number of hydrogen-bond acceptors (Lipinski definition) is 3. The summed E-state index contributed by atoms with van der Waals surface area (Å²) >= 11 is 0. The molecule has 3 heteroatoms. The van der Waals surface area contributed by atoms with Crippen LogP contribution in [0, 0.1) is 0 Å². The van der Waals surface area contributed by atoms with E-state index >= 15 is 0 Å². The molecular formula is C48H38N2O. The van der Waals surface area contributed by atoms with Gasteiger partial charge in [0.1, 0.15) is 0 Å². The van der Waals surface area contributed by atoms with Crippen molar-refractivity contribution in [1.82, 2.24) is 0 Å². The molecule has 0 saturated heterocycles. The Bertz CT molecular complexity index is 2510. The Morgan fingerprint density at radius 2 is 1.06 bits per heavy atom. The molecule has 0 fully saturated rings. The molecule has 1 aliphatic carbocycles. The number of para-hydroxylation sites is 4. The molecule has 3 nitrogen and oxygen atoms in total. The first kappa shape index (κ1) is 29.8. The van der Waals surface area contributed by atoms with E-state index in [-0.39, 0.29) is 10.8 Å². The van der Waals surface area contributed by atoms with Gasteiger partial charge in [0.05, 0.1) is 17.1 Å². The standard InChI is InChI=1S/C48H38N2O/c1-47(2)38-18-9-8-16-36(38)37-29-28-34(30-40(37)47)49(32-14-6-5-7-15-32)33-26-24-31(25-27-33)35-17-12-21-42-45(35)48(3,4)39-19-13-23-44-46(39)50(42)41-20-10-11-22-43(41)51-44/h5-30H,1-4H3. The van der Waals surface area contributed by atoms with Crippen LogP contribution in [0.5, 0.6) is 11.5 Å². The summed E-state index contributed by atoms with van der Waals surface area (Å²) in [5.41, 5.74) is 16.9. The molecule has 246 valence electrons. The highest BCUT2D eigenvalue weighted by molar-refractivity contribution is 5.96. The van der Waals surface area contributed by atoms with E-state index in [4.69, 9.17) is 4.74 Å². The molecule has 10 rings (SSSR count). The molecule has 7 aromatic rings. The second kappa shape index (κ2) is 10.7. The summed E-state index contributed by atoms with van der Waals surface area (Å²) in [6.07, 6.45) is 0. The number of fused-ring (bicyclic) bond motifs is 7. The molecule has 0 N–H and O–H groups in total. The highest BCUT2D eigenvalue weighted by Gasteiger charge is 2.43. The van der Waals surface area contributed by atoms with E-state index in [1.807, 2.05) is 6.07 Å². The zero-order valence-electron chi connectivity index (χ0n) is 29.3. The maximum Gasteiger partial charge on any atom is 0.151 e. The summed E-state index contributed by atoms with van der Waals surface area (Å²) in [6.45, 7) is 9.39. The molecular weight excluding hydrogens is 621 g/mol. The van der Waals surface area contributed by atoms with Gasteiger partial charge in [-0.3, -0.25) is 0 Å². The van der Waals surface area contributed by atoms with Crippen LogP contribution < -0.4 is 14.5 Å².